The first-order chi connectivity index (χ1) is 8.79. The van der Waals surface area contributed by atoms with Crippen LogP contribution in [-0.2, 0) is 11.3 Å². The summed E-state index contributed by atoms with van der Waals surface area (Å²) in [7, 11) is 1.58. The molecule has 0 spiro atoms. The standard InChI is InChI=1S/C13H19N3O2/c1-18-13-11(3-2-5-15-13)9-16-12(17)7-10-4-6-14-8-10/h2-3,5,10,14H,4,6-9H2,1H3,(H,16,17). The number of aromatic nitrogens is 1. The van der Waals surface area contributed by atoms with Gasteiger partial charge in [-0.3, -0.25) is 4.79 Å². The summed E-state index contributed by atoms with van der Waals surface area (Å²) in [6.07, 6.45) is 3.35. The molecule has 1 aliphatic heterocycles. The molecule has 0 aliphatic carbocycles. The molecule has 1 aliphatic rings. The van der Waals surface area contributed by atoms with Crippen LogP contribution in [0.2, 0.25) is 0 Å². The molecule has 1 unspecified atom stereocenters. The molecule has 0 saturated carbocycles. The Morgan fingerprint density at radius 1 is 1.67 bits per heavy atom. The molecule has 1 aromatic heterocycles. The third-order valence-electron chi connectivity index (χ3n) is 3.16. The molecular weight excluding hydrogens is 230 g/mol. The zero-order chi connectivity index (χ0) is 12.8. The van der Waals surface area contributed by atoms with Crippen molar-refractivity contribution in [3.63, 3.8) is 0 Å². The highest BCUT2D eigenvalue weighted by molar-refractivity contribution is 5.76. The van der Waals surface area contributed by atoms with Crippen LogP contribution < -0.4 is 15.4 Å². The van der Waals surface area contributed by atoms with E-state index in [-0.39, 0.29) is 5.91 Å². The van der Waals surface area contributed by atoms with Gasteiger partial charge in [-0.15, -0.1) is 0 Å². The van der Waals surface area contributed by atoms with E-state index in [0.29, 0.717) is 24.8 Å². The van der Waals surface area contributed by atoms with Crippen LogP contribution in [0.5, 0.6) is 5.88 Å². The fourth-order valence-corrected chi connectivity index (χ4v) is 2.16. The van der Waals surface area contributed by atoms with Crippen LogP contribution >= 0.6 is 0 Å². The largest absolute Gasteiger partial charge is 0.481 e. The zero-order valence-corrected chi connectivity index (χ0v) is 10.6. The van der Waals surface area contributed by atoms with Crippen LogP contribution in [0, 0.1) is 5.92 Å². The maximum absolute atomic E-state index is 11.8. The van der Waals surface area contributed by atoms with Gasteiger partial charge in [-0.25, -0.2) is 4.98 Å². The minimum absolute atomic E-state index is 0.0922. The number of hydrogen-bond acceptors (Lipinski definition) is 4. The van der Waals surface area contributed by atoms with Crippen molar-refractivity contribution in [3.8, 4) is 5.88 Å². The third-order valence-corrected chi connectivity index (χ3v) is 3.16. The van der Waals surface area contributed by atoms with Gasteiger partial charge in [-0.05, 0) is 31.5 Å². The van der Waals surface area contributed by atoms with Gasteiger partial charge in [-0.2, -0.15) is 0 Å². The van der Waals surface area contributed by atoms with Crippen LogP contribution in [0.1, 0.15) is 18.4 Å². The van der Waals surface area contributed by atoms with Crippen molar-refractivity contribution in [2.75, 3.05) is 20.2 Å². The number of rotatable bonds is 5. The number of nitrogens with one attached hydrogen (secondary N) is 2. The lowest BCUT2D eigenvalue weighted by Crippen LogP contribution is -2.26. The van der Waals surface area contributed by atoms with Crippen LogP contribution in [0.3, 0.4) is 0 Å². The fourth-order valence-electron chi connectivity index (χ4n) is 2.16. The highest BCUT2D eigenvalue weighted by atomic mass is 16.5. The van der Waals surface area contributed by atoms with Gasteiger partial charge in [0.05, 0.1) is 7.11 Å². The Labute approximate surface area is 107 Å². The Balaban J connectivity index is 1.81. The summed E-state index contributed by atoms with van der Waals surface area (Å²) in [5, 5.41) is 6.17. The summed E-state index contributed by atoms with van der Waals surface area (Å²) >= 11 is 0. The fraction of sp³-hybridized carbons (Fsp3) is 0.538. The van der Waals surface area contributed by atoms with Crippen LogP contribution in [0.4, 0.5) is 0 Å². The zero-order valence-electron chi connectivity index (χ0n) is 10.6. The molecule has 1 saturated heterocycles. The third kappa shape index (κ3) is 3.43. The summed E-state index contributed by atoms with van der Waals surface area (Å²) in [5.41, 5.74) is 0.901. The monoisotopic (exact) mass is 249 g/mol. The first-order valence-corrected chi connectivity index (χ1v) is 6.25. The summed E-state index contributed by atoms with van der Waals surface area (Å²) in [6, 6.07) is 3.74. The number of methoxy groups -OCH3 is 1. The number of nitrogens with zero attached hydrogens (tertiary/aromatic N) is 1. The van der Waals surface area contributed by atoms with Gasteiger partial charge in [-0.1, -0.05) is 6.07 Å². The highest BCUT2D eigenvalue weighted by Crippen LogP contribution is 2.14. The molecule has 5 nitrogen and oxygen atoms in total. The lowest BCUT2D eigenvalue weighted by molar-refractivity contribution is -0.122. The van der Waals surface area contributed by atoms with Crippen molar-refractivity contribution >= 4 is 5.91 Å². The molecule has 18 heavy (non-hydrogen) atoms. The van der Waals surface area contributed by atoms with Gasteiger partial charge in [0.1, 0.15) is 0 Å². The maximum atomic E-state index is 11.8. The van der Waals surface area contributed by atoms with Crippen molar-refractivity contribution in [1.82, 2.24) is 15.6 Å². The lowest BCUT2D eigenvalue weighted by Gasteiger charge is -2.10. The minimum atomic E-state index is 0.0922. The van der Waals surface area contributed by atoms with E-state index in [4.69, 9.17) is 4.74 Å². The Morgan fingerprint density at radius 2 is 2.56 bits per heavy atom. The normalized spacial score (nSPS) is 18.6. The summed E-state index contributed by atoms with van der Waals surface area (Å²) in [5.74, 6) is 1.13. The van der Waals surface area contributed by atoms with Crippen LogP contribution in [0.15, 0.2) is 18.3 Å². The topological polar surface area (TPSA) is 63.2 Å². The molecule has 98 valence electrons. The predicted octanol–water partition coefficient (Wildman–Crippen LogP) is 0.706. The number of amides is 1. The van der Waals surface area contributed by atoms with E-state index < -0.39 is 0 Å². The first-order valence-electron chi connectivity index (χ1n) is 6.25. The van der Waals surface area contributed by atoms with Crippen molar-refractivity contribution in [2.45, 2.75) is 19.4 Å². The molecule has 1 atom stereocenters. The second-order valence-corrected chi connectivity index (χ2v) is 4.51. The van der Waals surface area contributed by atoms with Crippen molar-refractivity contribution in [1.29, 1.82) is 0 Å². The highest BCUT2D eigenvalue weighted by Gasteiger charge is 2.17. The maximum Gasteiger partial charge on any atom is 0.220 e. The molecule has 0 aromatic carbocycles. The van der Waals surface area contributed by atoms with E-state index >= 15 is 0 Å². The summed E-state index contributed by atoms with van der Waals surface area (Å²) < 4.78 is 5.14. The quantitative estimate of drug-likeness (QED) is 0.806. The summed E-state index contributed by atoms with van der Waals surface area (Å²) in [6.45, 7) is 2.44. The number of carbonyl (C=O) groups is 1. The van der Waals surface area contributed by atoms with Crippen molar-refractivity contribution in [3.05, 3.63) is 23.9 Å². The molecular formula is C13H19N3O2. The number of hydrogen-bond donors (Lipinski definition) is 2. The van der Waals surface area contributed by atoms with Crippen LogP contribution in [-0.4, -0.2) is 31.1 Å². The average Bonchev–Trinajstić information content (AvgIpc) is 2.89. The minimum Gasteiger partial charge on any atom is -0.481 e. The Bertz CT molecular complexity index is 403. The Kier molecular flexibility index (Phi) is 4.52. The smallest absolute Gasteiger partial charge is 0.220 e. The SMILES string of the molecule is COc1ncccc1CNC(=O)CC1CCNC1. The van der Waals surface area contributed by atoms with Gasteiger partial charge in [0.25, 0.3) is 0 Å². The van der Waals surface area contributed by atoms with E-state index in [9.17, 15) is 4.79 Å². The molecule has 0 bridgehead atoms. The Hall–Kier alpha value is -1.62. The molecule has 2 rings (SSSR count). The average molecular weight is 249 g/mol. The van der Waals surface area contributed by atoms with Gasteiger partial charge in [0.15, 0.2) is 0 Å². The molecule has 2 heterocycles. The van der Waals surface area contributed by atoms with Crippen LogP contribution in [0.25, 0.3) is 0 Å². The van der Waals surface area contributed by atoms with E-state index in [1.54, 1.807) is 13.3 Å². The van der Waals surface area contributed by atoms with Gasteiger partial charge < -0.3 is 15.4 Å². The van der Waals surface area contributed by atoms with Gasteiger partial charge in [0.2, 0.25) is 11.8 Å². The molecule has 1 fully saturated rings. The first kappa shape index (κ1) is 12.8. The van der Waals surface area contributed by atoms with E-state index in [0.717, 1.165) is 25.1 Å². The van der Waals surface area contributed by atoms with Crippen molar-refractivity contribution in [2.24, 2.45) is 5.92 Å². The number of pyridine rings is 1. The second-order valence-electron chi connectivity index (χ2n) is 4.51. The van der Waals surface area contributed by atoms with E-state index in [1.807, 2.05) is 12.1 Å². The summed E-state index contributed by atoms with van der Waals surface area (Å²) in [4.78, 5) is 15.9. The van der Waals surface area contributed by atoms with Gasteiger partial charge >= 0.3 is 0 Å². The van der Waals surface area contributed by atoms with Crippen molar-refractivity contribution < 1.29 is 9.53 Å². The number of carbonyl (C=O) groups excluding carboxylic acids is 1. The molecule has 1 amide bonds. The van der Waals surface area contributed by atoms with Gasteiger partial charge in [0, 0.05) is 24.7 Å². The van der Waals surface area contributed by atoms with E-state index in [1.165, 1.54) is 0 Å². The molecule has 2 N–H and O–H groups in total. The molecule has 5 heteroatoms. The lowest BCUT2D eigenvalue weighted by atomic mass is 10.0. The van der Waals surface area contributed by atoms with E-state index in [2.05, 4.69) is 15.6 Å². The second kappa shape index (κ2) is 6.35. The number of ether oxygens (including phenoxy) is 1. The predicted molar refractivity (Wildman–Crippen MR) is 68.2 cm³/mol. The Morgan fingerprint density at radius 3 is 3.28 bits per heavy atom. The molecule has 1 aromatic rings. The molecule has 0 radical (unpaired) electrons.